The van der Waals surface area contributed by atoms with Crippen LogP contribution in [0.1, 0.15) is 37.7 Å². The molecule has 2 rings (SSSR count). The Balaban J connectivity index is 2.11. The molecule has 0 amide bonds. The average molecular weight is 323 g/mol. The van der Waals surface area contributed by atoms with Crippen molar-refractivity contribution < 1.29 is 13.5 Å². The first-order valence-corrected chi connectivity index (χ1v) is 9.27. The highest BCUT2D eigenvalue weighted by Gasteiger charge is 2.29. The summed E-state index contributed by atoms with van der Waals surface area (Å²) >= 11 is 0. The molecule has 0 heterocycles. The van der Waals surface area contributed by atoms with E-state index in [2.05, 4.69) is 11.3 Å². The molecule has 4 nitrogen and oxygen atoms in total. The quantitative estimate of drug-likeness (QED) is 0.791. The number of hydrogen-bond acceptors (Lipinski definition) is 3. The Morgan fingerprint density at radius 1 is 1.27 bits per heavy atom. The molecule has 5 heteroatoms. The fourth-order valence-electron chi connectivity index (χ4n) is 3.03. The average Bonchev–Trinajstić information content (AvgIpc) is 2.49. The Kier molecular flexibility index (Phi) is 5.78. The lowest BCUT2D eigenvalue weighted by atomic mass is 9.81. The van der Waals surface area contributed by atoms with Crippen LogP contribution in [0.25, 0.3) is 0 Å². The van der Waals surface area contributed by atoms with E-state index in [1.807, 2.05) is 6.92 Å². The number of rotatable bonds is 6. The zero-order chi connectivity index (χ0) is 16.2. The molecular formula is C17H25NO3S. The van der Waals surface area contributed by atoms with Gasteiger partial charge in [-0.2, -0.15) is 0 Å². The van der Waals surface area contributed by atoms with E-state index in [1.165, 1.54) is 0 Å². The normalized spacial score (nSPS) is 22.5. The van der Waals surface area contributed by atoms with Crippen LogP contribution in [0.15, 0.2) is 41.3 Å². The maximum atomic E-state index is 12.5. The van der Waals surface area contributed by atoms with E-state index >= 15 is 0 Å². The molecule has 0 bridgehead atoms. The van der Waals surface area contributed by atoms with Crippen molar-refractivity contribution in [1.82, 2.24) is 4.72 Å². The van der Waals surface area contributed by atoms with Gasteiger partial charge in [0.1, 0.15) is 0 Å². The standard InChI is InChI=1S/C17H25NO3S/c1-13-7-9-16(10-8-13)22(20,21)18-17-6-4-3-5-15(17)11-14(2)12-19/h7-10,15,17-19H,2-6,11-12H2,1H3/t15-,17+/m0/s1. The summed E-state index contributed by atoms with van der Waals surface area (Å²) in [7, 11) is -3.49. The summed E-state index contributed by atoms with van der Waals surface area (Å²) in [5.74, 6) is 0.216. The molecule has 1 aliphatic carbocycles. The Hall–Kier alpha value is -1.17. The van der Waals surface area contributed by atoms with Crippen LogP contribution in [-0.2, 0) is 10.0 Å². The largest absolute Gasteiger partial charge is 0.392 e. The van der Waals surface area contributed by atoms with Gasteiger partial charge in [-0.1, -0.05) is 42.7 Å². The lowest BCUT2D eigenvalue weighted by molar-refractivity contribution is 0.268. The zero-order valence-electron chi connectivity index (χ0n) is 13.1. The van der Waals surface area contributed by atoms with Gasteiger partial charge in [0.05, 0.1) is 11.5 Å². The SMILES string of the molecule is C=C(CO)C[C@@H]1CCCC[C@H]1NS(=O)(=O)c1ccc(C)cc1. The molecule has 22 heavy (non-hydrogen) atoms. The number of nitrogens with one attached hydrogen (secondary N) is 1. The summed E-state index contributed by atoms with van der Waals surface area (Å²) in [6, 6.07) is 6.81. The van der Waals surface area contributed by atoms with Gasteiger partial charge in [0.25, 0.3) is 0 Å². The zero-order valence-corrected chi connectivity index (χ0v) is 13.9. The Bertz CT molecular complexity index is 607. The van der Waals surface area contributed by atoms with Crippen molar-refractivity contribution in [3.05, 3.63) is 42.0 Å². The maximum Gasteiger partial charge on any atom is 0.240 e. The Morgan fingerprint density at radius 3 is 2.55 bits per heavy atom. The number of hydrogen-bond donors (Lipinski definition) is 2. The van der Waals surface area contributed by atoms with E-state index in [4.69, 9.17) is 5.11 Å². The molecule has 0 spiro atoms. The lowest BCUT2D eigenvalue weighted by Crippen LogP contribution is -2.42. The molecule has 1 saturated carbocycles. The van der Waals surface area contributed by atoms with Crippen molar-refractivity contribution in [2.24, 2.45) is 5.92 Å². The van der Waals surface area contributed by atoms with Crippen LogP contribution in [-0.4, -0.2) is 26.2 Å². The number of aryl methyl sites for hydroxylation is 1. The minimum absolute atomic E-state index is 0.0338. The smallest absolute Gasteiger partial charge is 0.240 e. The van der Waals surface area contributed by atoms with Gasteiger partial charge < -0.3 is 5.11 Å². The number of aliphatic hydroxyl groups excluding tert-OH is 1. The van der Waals surface area contributed by atoms with E-state index in [-0.39, 0.29) is 18.6 Å². The van der Waals surface area contributed by atoms with E-state index < -0.39 is 10.0 Å². The van der Waals surface area contributed by atoms with Gasteiger partial charge in [-0.15, -0.1) is 0 Å². The third-order valence-electron chi connectivity index (χ3n) is 4.32. The van der Waals surface area contributed by atoms with E-state index in [1.54, 1.807) is 24.3 Å². The molecule has 0 aliphatic heterocycles. The first-order chi connectivity index (χ1) is 10.4. The van der Waals surface area contributed by atoms with Crippen molar-refractivity contribution >= 4 is 10.0 Å². The topological polar surface area (TPSA) is 66.4 Å². The first-order valence-electron chi connectivity index (χ1n) is 7.79. The monoisotopic (exact) mass is 323 g/mol. The number of sulfonamides is 1. The second kappa shape index (κ2) is 7.40. The van der Waals surface area contributed by atoms with Gasteiger partial charge in [0.15, 0.2) is 0 Å². The molecule has 0 radical (unpaired) electrons. The minimum Gasteiger partial charge on any atom is -0.392 e. The molecule has 2 N–H and O–H groups in total. The highest BCUT2D eigenvalue weighted by Crippen LogP contribution is 2.30. The second-order valence-electron chi connectivity index (χ2n) is 6.20. The maximum absolute atomic E-state index is 12.5. The van der Waals surface area contributed by atoms with Gasteiger partial charge in [0.2, 0.25) is 10.0 Å². The molecule has 0 aromatic heterocycles. The summed E-state index contributed by atoms with van der Waals surface area (Å²) in [6.45, 7) is 5.74. The molecule has 1 aromatic rings. The van der Waals surface area contributed by atoms with Crippen LogP contribution in [0.4, 0.5) is 0 Å². The molecule has 122 valence electrons. The lowest BCUT2D eigenvalue weighted by Gasteiger charge is -2.32. The fourth-order valence-corrected chi connectivity index (χ4v) is 4.37. The third kappa shape index (κ3) is 4.41. The summed E-state index contributed by atoms with van der Waals surface area (Å²) in [5, 5.41) is 9.15. The van der Waals surface area contributed by atoms with E-state index in [0.717, 1.165) is 36.8 Å². The van der Waals surface area contributed by atoms with E-state index in [0.29, 0.717) is 11.3 Å². The van der Waals surface area contributed by atoms with Gasteiger partial charge in [-0.3, -0.25) is 0 Å². The summed E-state index contributed by atoms with van der Waals surface area (Å²) in [4.78, 5) is 0.309. The van der Waals surface area contributed by atoms with Gasteiger partial charge in [0, 0.05) is 6.04 Å². The van der Waals surface area contributed by atoms with Crippen molar-refractivity contribution in [3.63, 3.8) is 0 Å². The Morgan fingerprint density at radius 2 is 1.91 bits per heavy atom. The van der Waals surface area contributed by atoms with E-state index in [9.17, 15) is 8.42 Å². The van der Waals surface area contributed by atoms with Crippen molar-refractivity contribution in [2.45, 2.75) is 50.0 Å². The van der Waals surface area contributed by atoms with Crippen LogP contribution in [0.5, 0.6) is 0 Å². The summed E-state index contributed by atoms with van der Waals surface area (Å²) in [6.07, 6.45) is 4.63. The van der Waals surface area contributed by atoms with Crippen LogP contribution in [0.3, 0.4) is 0 Å². The molecule has 1 fully saturated rings. The van der Waals surface area contributed by atoms with Crippen molar-refractivity contribution in [2.75, 3.05) is 6.61 Å². The van der Waals surface area contributed by atoms with Crippen molar-refractivity contribution in [1.29, 1.82) is 0 Å². The van der Waals surface area contributed by atoms with Gasteiger partial charge in [-0.05, 0) is 44.2 Å². The highest BCUT2D eigenvalue weighted by atomic mass is 32.2. The predicted molar refractivity (Wildman–Crippen MR) is 88.1 cm³/mol. The summed E-state index contributed by atoms with van der Waals surface area (Å²) < 4.78 is 27.9. The predicted octanol–water partition coefficient (Wildman–Crippen LogP) is 2.77. The fraction of sp³-hybridized carbons (Fsp3) is 0.529. The van der Waals surface area contributed by atoms with Crippen LogP contribution >= 0.6 is 0 Å². The van der Waals surface area contributed by atoms with Crippen LogP contribution in [0, 0.1) is 12.8 Å². The van der Waals surface area contributed by atoms with Gasteiger partial charge >= 0.3 is 0 Å². The van der Waals surface area contributed by atoms with Crippen LogP contribution in [0.2, 0.25) is 0 Å². The highest BCUT2D eigenvalue weighted by molar-refractivity contribution is 7.89. The molecule has 2 atom stereocenters. The molecule has 1 aliphatic rings. The molecule has 0 unspecified atom stereocenters. The molecule has 0 saturated heterocycles. The van der Waals surface area contributed by atoms with Crippen molar-refractivity contribution in [3.8, 4) is 0 Å². The van der Waals surface area contributed by atoms with Crippen LogP contribution < -0.4 is 4.72 Å². The van der Waals surface area contributed by atoms with Gasteiger partial charge in [-0.25, -0.2) is 13.1 Å². The Labute approximate surface area is 133 Å². The molecule has 1 aromatic carbocycles. The summed E-state index contributed by atoms with van der Waals surface area (Å²) in [5.41, 5.74) is 1.81. The third-order valence-corrected chi connectivity index (χ3v) is 5.83. The molecular weight excluding hydrogens is 298 g/mol. The first kappa shape index (κ1) is 17.2. The number of aliphatic hydroxyl groups is 1. The minimum atomic E-state index is -3.49. The number of benzene rings is 1. The second-order valence-corrected chi connectivity index (χ2v) is 7.91.